The highest BCUT2D eigenvalue weighted by Crippen LogP contribution is 2.29. The lowest BCUT2D eigenvalue weighted by Gasteiger charge is -2.09. The summed E-state index contributed by atoms with van der Waals surface area (Å²) in [5.41, 5.74) is 5.51. The van der Waals surface area contributed by atoms with Gasteiger partial charge in [-0.3, -0.25) is 4.79 Å². The number of benzene rings is 2. The smallest absolute Gasteiger partial charge is 0.416 e. The van der Waals surface area contributed by atoms with Crippen LogP contribution in [0.25, 0.3) is 11.0 Å². The van der Waals surface area contributed by atoms with Gasteiger partial charge in [0.2, 0.25) is 0 Å². The Bertz CT molecular complexity index is 953. The second kappa shape index (κ2) is 7.80. The zero-order valence-electron chi connectivity index (χ0n) is 13.4. The highest BCUT2D eigenvalue weighted by Gasteiger charge is 2.29. The molecule has 1 heterocycles. The van der Waals surface area contributed by atoms with E-state index >= 15 is 0 Å². The minimum Gasteiger partial charge on any atom is -0.489 e. The largest absolute Gasteiger partial charge is 0.489 e. The fourth-order valence-corrected chi connectivity index (χ4v) is 2.33. The predicted molar refractivity (Wildman–Crippen MR) is 93.4 cm³/mol. The molecule has 0 saturated heterocycles. The van der Waals surface area contributed by atoms with Crippen molar-refractivity contribution < 1.29 is 22.3 Å². The van der Waals surface area contributed by atoms with E-state index in [4.69, 9.17) is 14.9 Å². The fourth-order valence-electron chi connectivity index (χ4n) is 2.33. The Kier molecular flexibility index (Phi) is 5.94. The van der Waals surface area contributed by atoms with Crippen molar-refractivity contribution in [2.45, 2.75) is 19.3 Å². The van der Waals surface area contributed by atoms with Crippen molar-refractivity contribution in [3.05, 3.63) is 75.6 Å². The second-order valence-corrected chi connectivity index (χ2v) is 5.42. The van der Waals surface area contributed by atoms with Gasteiger partial charge in [-0.25, -0.2) is 0 Å². The van der Waals surface area contributed by atoms with Crippen molar-refractivity contribution in [2.24, 2.45) is 5.73 Å². The second-order valence-electron chi connectivity index (χ2n) is 5.42. The van der Waals surface area contributed by atoms with Crippen LogP contribution in [0.5, 0.6) is 5.75 Å². The van der Waals surface area contributed by atoms with Crippen molar-refractivity contribution in [2.75, 3.05) is 0 Å². The molecule has 0 atom stereocenters. The molecule has 2 aromatic carbocycles. The normalized spacial score (nSPS) is 11.2. The summed E-state index contributed by atoms with van der Waals surface area (Å²) < 4.78 is 48.7. The Morgan fingerprint density at radius 3 is 2.35 bits per heavy atom. The van der Waals surface area contributed by atoms with Gasteiger partial charge in [-0.15, -0.1) is 12.4 Å². The monoisotopic (exact) mass is 385 g/mol. The van der Waals surface area contributed by atoms with Crippen LogP contribution in [0.2, 0.25) is 0 Å². The molecule has 1 aromatic heterocycles. The Hall–Kier alpha value is -2.51. The summed E-state index contributed by atoms with van der Waals surface area (Å²) in [6.45, 7) is 0.187. The minimum atomic E-state index is -4.37. The molecule has 0 aliphatic carbocycles. The molecule has 4 nitrogen and oxygen atoms in total. The molecule has 138 valence electrons. The first-order valence-corrected chi connectivity index (χ1v) is 7.42. The van der Waals surface area contributed by atoms with Gasteiger partial charge in [-0.2, -0.15) is 13.2 Å². The number of ether oxygens (including phenoxy) is 1. The summed E-state index contributed by atoms with van der Waals surface area (Å²) in [6.07, 6.45) is -4.37. The van der Waals surface area contributed by atoms with E-state index in [9.17, 15) is 18.0 Å². The summed E-state index contributed by atoms with van der Waals surface area (Å²) in [5, 5.41) is 0.402. The van der Waals surface area contributed by atoms with Gasteiger partial charge < -0.3 is 14.9 Å². The van der Waals surface area contributed by atoms with E-state index in [2.05, 4.69) is 0 Å². The minimum absolute atomic E-state index is 0. The van der Waals surface area contributed by atoms with Gasteiger partial charge in [0.05, 0.1) is 17.5 Å². The van der Waals surface area contributed by atoms with Crippen molar-refractivity contribution in [3.63, 3.8) is 0 Å². The molecule has 0 amide bonds. The summed E-state index contributed by atoms with van der Waals surface area (Å²) in [4.78, 5) is 11.9. The van der Waals surface area contributed by atoms with Crippen LogP contribution in [0.1, 0.15) is 16.9 Å². The number of hydrogen-bond acceptors (Lipinski definition) is 4. The van der Waals surface area contributed by atoms with Gasteiger partial charge in [0, 0.05) is 12.1 Å². The molecule has 8 heteroatoms. The van der Waals surface area contributed by atoms with E-state index in [1.807, 2.05) is 0 Å². The Labute approximate surface area is 152 Å². The summed E-state index contributed by atoms with van der Waals surface area (Å²) in [5.74, 6) is 0.794. The van der Waals surface area contributed by atoms with Crippen LogP contribution >= 0.6 is 12.4 Å². The van der Waals surface area contributed by atoms with Crippen LogP contribution in [0.15, 0.2) is 57.7 Å². The molecule has 2 N–H and O–H groups in total. The highest BCUT2D eigenvalue weighted by molar-refractivity contribution is 5.85. The van der Waals surface area contributed by atoms with Crippen LogP contribution in [0.3, 0.4) is 0 Å². The quantitative estimate of drug-likeness (QED) is 0.728. The molecule has 3 aromatic rings. The average molecular weight is 386 g/mol. The Morgan fingerprint density at radius 1 is 1.04 bits per heavy atom. The number of hydrogen-bond donors (Lipinski definition) is 1. The van der Waals surface area contributed by atoms with Crippen LogP contribution in [0, 0.1) is 0 Å². The van der Waals surface area contributed by atoms with E-state index < -0.39 is 11.7 Å². The lowest BCUT2D eigenvalue weighted by molar-refractivity contribution is -0.137. The third kappa shape index (κ3) is 4.36. The van der Waals surface area contributed by atoms with Crippen LogP contribution in [0.4, 0.5) is 13.2 Å². The molecule has 0 fully saturated rings. The molecule has 0 bridgehead atoms. The van der Waals surface area contributed by atoms with E-state index in [0.717, 1.165) is 12.1 Å². The SMILES string of the molecule is Cl.NCc1cc(=O)c2ccc(OCc3ccc(C(F)(F)F)cc3)cc2o1. The first-order chi connectivity index (χ1) is 11.9. The van der Waals surface area contributed by atoms with Crippen molar-refractivity contribution >= 4 is 23.4 Å². The molecular weight excluding hydrogens is 371 g/mol. The third-order valence-corrected chi connectivity index (χ3v) is 3.64. The molecule has 3 rings (SSSR count). The van der Waals surface area contributed by atoms with E-state index in [1.54, 1.807) is 18.2 Å². The Balaban J connectivity index is 0.00000243. The molecule has 0 saturated carbocycles. The van der Waals surface area contributed by atoms with Gasteiger partial charge in [-0.1, -0.05) is 12.1 Å². The first-order valence-electron chi connectivity index (χ1n) is 7.42. The molecule has 0 aliphatic rings. The highest BCUT2D eigenvalue weighted by atomic mass is 35.5. The topological polar surface area (TPSA) is 65.5 Å². The standard InChI is InChI=1S/C18H14F3NO3.ClH/c19-18(20,21)12-3-1-11(2-4-12)10-24-13-5-6-15-16(23)7-14(9-22)25-17(15)8-13;/h1-8H,9-10,22H2;1H. The number of halogens is 4. The van der Waals surface area contributed by atoms with Crippen LogP contribution in [-0.4, -0.2) is 0 Å². The molecule has 0 spiro atoms. The average Bonchev–Trinajstić information content (AvgIpc) is 2.59. The first kappa shape index (κ1) is 19.8. The maximum atomic E-state index is 12.5. The number of rotatable bonds is 4. The van der Waals surface area contributed by atoms with Gasteiger partial charge in [-0.05, 0) is 29.8 Å². The van der Waals surface area contributed by atoms with Gasteiger partial charge in [0.25, 0.3) is 0 Å². The van der Waals surface area contributed by atoms with Crippen molar-refractivity contribution in [1.29, 1.82) is 0 Å². The van der Waals surface area contributed by atoms with Gasteiger partial charge in [0.1, 0.15) is 23.7 Å². The van der Waals surface area contributed by atoms with Crippen LogP contribution in [-0.2, 0) is 19.3 Å². The molecule has 0 aliphatic heterocycles. The lowest BCUT2D eigenvalue weighted by atomic mass is 10.1. The molecular formula is C18H15ClF3NO3. The number of alkyl halides is 3. The van der Waals surface area contributed by atoms with E-state index in [0.29, 0.717) is 28.0 Å². The van der Waals surface area contributed by atoms with Crippen molar-refractivity contribution in [1.82, 2.24) is 0 Å². The predicted octanol–water partition coefficient (Wildman–Crippen LogP) is 4.27. The zero-order valence-corrected chi connectivity index (χ0v) is 14.2. The van der Waals surface area contributed by atoms with Gasteiger partial charge in [0.15, 0.2) is 5.43 Å². The lowest BCUT2D eigenvalue weighted by Crippen LogP contribution is -2.06. The molecule has 26 heavy (non-hydrogen) atoms. The molecule has 0 radical (unpaired) electrons. The third-order valence-electron chi connectivity index (χ3n) is 3.64. The maximum absolute atomic E-state index is 12.5. The Morgan fingerprint density at radius 2 is 1.73 bits per heavy atom. The van der Waals surface area contributed by atoms with Gasteiger partial charge >= 0.3 is 6.18 Å². The molecule has 0 unspecified atom stereocenters. The number of nitrogens with two attached hydrogens (primary N) is 1. The summed E-state index contributed by atoms with van der Waals surface area (Å²) >= 11 is 0. The fraction of sp³-hybridized carbons (Fsp3) is 0.167. The summed E-state index contributed by atoms with van der Waals surface area (Å²) in [6, 6.07) is 10.8. The van der Waals surface area contributed by atoms with E-state index in [1.165, 1.54) is 18.2 Å². The van der Waals surface area contributed by atoms with Crippen molar-refractivity contribution in [3.8, 4) is 5.75 Å². The summed E-state index contributed by atoms with van der Waals surface area (Å²) in [7, 11) is 0. The van der Waals surface area contributed by atoms with Crippen LogP contribution < -0.4 is 15.9 Å². The maximum Gasteiger partial charge on any atom is 0.416 e. The zero-order chi connectivity index (χ0) is 18.0. The number of fused-ring (bicyclic) bond motifs is 1. The van der Waals surface area contributed by atoms with E-state index in [-0.39, 0.29) is 31.0 Å².